The van der Waals surface area contributed by atoms with Crippen LogP contribution >= 0.6 is 11.8 Å². The highest BCUT2D eigenvalue weighted by Gasteiger charge is 2.10. The number of hydrogen-bond acceptors (Lipinski definition) is 2. The quantitative estimate of drug-likeness (QED) is 0.668. The van der Waals surface area contributed by atoms with Gasteiger partial charge in [-0.2, -0.15) is 5.26 Å². The van der Waals surface area contributed by atoms with Gasteiger partial charge in [-0.1, -0.05) is 6.07 Å². The van der Waals surface area contributed by atoms with Crippen molar-refractivity contribution in [2.75, 3.05) is 5.75 Å². The average Bonchev–Trinajstić information content (AvgIpc) is 2.61. The molecule has 13 heavy (non-hydrogen) atoms. The van der Waals surface area contributed by atoms with Gasteiger partial charge in [0.1, 0.15) is 0 Å². The van der Waals surface area contributed by atoms with E-state index < -0.39 is 0 Å². The molecule has 0 aromatic heterocycles. The van der Waals surface area contributed by atoms with Crippen LogP contribution in [-0.4, -0.2) is 5.75 Å². The van der Waals surface area contributed by atoms with Crippen molar-refractivity contribution in [3.05, 3.63) is 29.3 Å². The Morgan fingerprint density at radius 2 is 2.15 bits per heavy atom. The zero-order chi connectivity index (χ0) is 9.10. The van der Waals surface area contributed by atoms with Crippen LogP contribution in [0.2, 0.25) is 0 Å². The van der Waals surface area contributed by atoms with Crippen LogP contribution in [0, 0.1) is 11.3 Å². The fourth-order valence-electron chi connectivity index (χ4n) is 1.75. The Bertz CT molecular complexity index is 352. The first kappa shape index (κ1) is 8.65. The number of benzene rings is 1. The van der Waals surface area contributed by atoms with E-state index in [2.05, 4.69) is 24.3 Å². The predicted octanol–water partition coefficient (Wildman–Crippen LogP) is 2.79. The molecule has 66 valence electrons. The summed E-state index contributed by atoms with van der Waals surface area (Å²) in [6.07, 6.45) is 3.75. The van der Waals surface area contributed by atoms with E-state index in [1.165, 1.54) is 35.3 Å². The lowest BCUT2D eigenvalue weighted by molar-refractivity contribution is 0.911. The summed E-state index contributed by atoms with van der Waals surface area (Å²) in [4.78, 5) is 1.24. The van der Waals surface area contributed by atoms with Gasteiger partial charge >= 0.3 is 0 Å². The summed E-state index contributed by atoms with van der Waals surface area (Å²) >= 11 is 1.63. The van der Waals surface area contributed by atoms with Gasteiger partial charge in [0.25, 0.3) is 0 Å². The zero-order valence-electron chi connectivity index (χ0n) is 7.42. The fourth-order valence-corrected chi connectivity index (χ4v) is 2.37. The van der Waals surface area contributed by atoms with Crippen molar-refractivity contribution in [1.29, 1.82) is 5.26 Å². The van der Waals surface area contributed by atoms with Crippen LogP contribution in [0.5, 0.6) is 0 Å². The van der Waals surface area contributed by atoms with Crippen LogP contribution in [0.4, 0.5) is 0 Å². The number of hydrogen-bond donors (Lipinski definition) is 0. The van der Waals surface area contributed by atoms with Crippen LogP contribution in [0.1, 0.15) is 17.5 Å². The van der Waals surface area contributed by atoms with E-state index in [9.17, 15) is 0 Å². The lowest BCUT2D eigenvalue weighted by atomic mass is 10.1. The SMILES string of the molecule is N#CCSc1ccc2c(c1)CCC2. The molecule has 0 saturated heterocycles. The minimum absolute atomic E-state index is 0.554. The first-order valence-corrected chi connectivity index (χ1v) is 5.50. The second kappa shape index (κ2) is 3.85. The van der Waals surface area contributed by atoms with E-state index in [0.717, 1.165) is 0 Å². The van der Waals surface area contributed by atoms with Gasteiger partial charge in [-0.3, -0.25) is 0 Å². The molecule has 0 amide bonds. The summed E-state index contributed by atoms with van der Waals surface area (Å²) in [6.45, 7) is 0. The van der Waals surface area contributed by atoms with Crippen LogP contribution in [0.3, 0.4) is 0 Å². The highest BCUT2D eigenvalue weighted by molar-refractivity contribution is 7.99. The van der Waals surface area contributed by atoms with Crippen molar-refractivity contribution in [1.82, 2.24) is 0 Å². The topological polar surface area (TPSA) is 23.8 Å². The third-order valence-electron chi connectivity index (χ3n) is 2.37. The number of nitrogens with zero attached hydrogens (tertiary/aromatic N) is 1. The average molecular weight is 189 g/mol. The molecule has 0 radical (unpaired) electrons. The van der Waals surface area contributed by atoms with E-state index in [0.29, 0.717) is 5.75 Å². The standard InChI is InChI=1S/C11H11NS/c12-6-7-13-11-5-4-9-2-1-3-10(9)8-11/h4-5,8H,1-3,7H2. The second-order valence-corrected chi connectivity index (χ2v) is 4.28. The lowest BCUT2D eigenvalue weighted by Crippen LogP contribution is -1.82. The molecule has 1 nitrogen and oxygen atoms in total. The van der Waals surface area contributed by atoms with E-state index in [1.807, 2.05) is 0 Å². The van der Waals surface area contributed by atoms with Gasteiger partial charge in [0.15, 0.2) is 0 Å². The molecular formula is C11H11NS. The second-order valence-electron chi connectivity index (χ2n) is 3.23. The minimum Gasteiger partial charge on any atom is -0.197 e. The first-order valence-electron chi connectivity index (χ1n) is 4.52. The summed E-state index contributed by atoms with van der Waals surface area (Å²) < 4.78 is 0. The number of nitriles is 1. The number of aryl methyl sites for hydroxylation is 2. The first-order chi connectivity index (χ1) is 6.40. The molecule has 0 heterocycles. The van der Waals surface area contributed by atoms with Gasteiger partial charge in [0, 0.05) is 4.90 Å². The molecule has 0 atom stereocenters. The van der Waals surface area contributed by atoms with Crippen molar-refractivity contribution in [2.24, 2.45) is 0 Å². The molecule has 1 aromatic rings. The van der Waals surface area contributed by atoms with Gasteiger partial charge in [-0.25, -0.2) is 0 Å². The van der Waals surface area contributed by atoms with E-state index in [-0.39, 0.29) is 0 Å². The van der Waals surface area contributed by atoms with Crippen molar-refractivity contribution >= 4 is 11.8 Å². The summed E-state index contributed by atoms with van der Waals surface area (Å²) in [7, 11) is 0. The van der Waals surface area contributed by atoms with E-state index in [1.54, 1.807) is 11.8 Å². The number of thioether (sulfide) groups is 1. The molecule has 0 spiro atoms. The smallest absolute Gasteiger partial charge is 0.0855 e. The Labute approximate surface area is 82.8 Å². The molecule has 0 N–H and O–H groups in total. The number of rotatable bonds is 2. The molecule has 2 rings (SSSR count). The highest BCUT2D eigenvalue weighted by Crippen LogP contribution is 2.27. The Balaban J connectivity index is 2.17. The lowest BCUT2D eigenvalue weighted by Gasteiger charge is -2.01. The summed E-state index contributed by atoms with van der Waals surface area (Å²) in [6, 6.07) is 8.73. The highest BCUT2D eigenvalue weighted by atomic mass is 32.2. The van der Waals surface area contributed by atoms with Crippen LogP contribution in [-0.2, 0) is 12.8 Å². The third kappa shape index (κ3) is 1.87. The fraction of sp³-hybridized carbons (Fsp3) is 0.364. The Kier molecular flexibility index (Phi) is 2.56. The van der Waals surface area contributed by atoms with Gasteiger partial charge in [-0.05, 0) is 42.5 Å². The molecule has 0 fully saturated rings. The minimum atomic E-state index is 0.554. The van der Waals surface area contributed by atoms with Crippen LogP contribution < -0.4 is 0 Å². The predicted molar refractivity (Wildman–Crippen MR) is 54.8 cm³/mol. The maximum absolute atomic E-state index is 8.45. The van der Waals surface area contributed by atoms with Crippen molar-refractivity contribution < 1.29 is 0 Å². The normalized spacial score (nSPS) is 13.8. The third-order valence-corrected chi connectivity index (χ3v) is 3.23. The van der Waals surface area contributed by atoms with Gasteiger partial charge in [-0.15, -0.1) is 11.8 Å². The molecule has 0 aliphatic heterocycles. The monoisotopic (exact) mass is 189 g/mol. The Hall–Kier alpha value is -0.940. The zero-order valence-corrected chi connectivity index (χ0v) is 8.23. The summed E-state index contributed by atoms with van der Waals surface area (Å²) in [5.74, 6) is 0.554. The van der Waals surface area contributed by atoms with Crippen molar-refractivity contribution in [2.45, 2.75) is 24.2 Å². The maximum atomic E-state index is 8.45. The molecule has 0 unspecified atom stereocenters. The molecule has 2 heteroatoms. The molecule has 0 saturated carbocycles. The van der Waals surface area contributed by atoms with E-state index >= 15 is 0 Å². The van der Waals surface area contributed by atoms with Gasteiger partial charge in [0.2, 0.25) is 0 Å². The van der Waals surface area contributed by atoms with Crippen molar-refractivity contribution in [3.8, 4) is 6.07 Å². The largest absolute Gasteiger partial charge is 0.197 e. The molecule has 0 bridgehead atoms. The van der Waals surface area contributed by atoms with Gasteiger partial charge < -0.3 is 0 Å². The molecule has 1 aliphatic rings. The Morgan fingerprint density at radius 1 is 1.31 bits per heavy atom. The van der Waals surface area contributed by atoms with Crippen LogP contribution in [0.15, 0.2) is 23.1 Å². The molecule has 1 aliphatic carbocycles. The molecular weight excluding hydrogens is 178 g/mol. The maximum Gasteiger partial charge on any atom is 0.0855 e. The summed E-state index contributed by atoms with van der Waals surface area (Å²) in [5, 5.41) is 8.45. The summed E-state index contributed by atoms with van der Waals surface area (Å²) in [5.41, 5.74) is 2.99. The van der Waals surface area contributed by atoms with E-state index in [4.69, 9.17) is 5.26 Å². The van der Waals surface area contributed by atoms with Gasteiger partial charge in [0.05, 0.1) is 11.8 Å². The van der Waals surface area contributed by atoms with Crippen LogP contribution in [0.25, 0.3) is 0 Å². The molecule has 1 aromatic carbocycles. The number of fused-ring (bicyclic) bond motifs is 1. The Morgan fingerprint density at radius 3 is 3.00 bits per heavy atom. The van der Waals surface area contributed by atoms with Crippen molar-refractivity contribution in [3.63, 3.8) is 0 Å².